The van der Waals surface area contributed by atoms with Gasteiger partial charge in [-0.25, -0.2) is 4.79 Å². The van der Waals surface area contributed by atoms with Crippen molar-refractivity contribution >= 4 is 39.1 Å². The van der Waals surface area contributed by atoms with Crippen molar-refractivity contribution in [2.24, 2.45) is 0 Å². The Balaban J connectivity index is 2.50. The molecule has 2 rings (SSSR count). The van der Waals surface area contributed by atoms with Gasteiger partial charge in [0.15, 0.2) is 0 Å². The maximum Gasteiger partial charge on any atom is 0.331 e. The first-order valence-corrected chi connectivity index (χ1v) is 8.44. The van der Waals surface area contributed by atoms with Gasteiger partial charge in [-0.1, -0.05) is 70.0 Å². The minimum Gasteiger partial charge on any atom is -0.463 e. The lowest BCUT2D eigenvalue weighted by Crippen LogP contribution is -2.02. The first-order valence-electron chi connectivity index (χ1n) is 6.94. The number of halogens is 2. The Kier molecular flexibility index (Phi) is 6.22. The molecule has 0 aliphatic carbocycles. The SMILES string of the molecule is CCOC(=O)/C=C(\c1ccc(CBr)cc1)c1ccccc1Cl. The van der Waals surface area contributed by atoms with Crippen LogP contribution in [0.3, 0.4) is 0 Å². The van der Waals surface area contributed by atoms with E-state index in [4.69, 9.17) is 16.3 Å². The van der Waals surface area contributed by atoms with Crippen molar-refractivity contribution in [2.45, 2.75) is 12.3 Å². The number of ether oxygens (including phenoxy) is 1. The Labute approximate surface area is 143 Å². The highest BCUT2D eigenvalue weighted by atomic mass is 79.9. The molecule has 0 spiro atoms. The molecule has 0 saturated heterocycles. The van der Waals surface area contributed by atoms with Crippen molar-refractivity contribution < 1.29 is 9.53 Å². The van der Waals surface area contributed by atoms with Gasteiger partial charge in [0, 0.05) is 22.0 Å². The van der Waals surface area contributed by atoms with Gasteiger partial charge >= 0.3 is 5.97 Å². The smallest absolute Gasteiger partial charge is 0.331 e. The minimum absolute atomic E-state index is 0.341. The fourth-order valence-corrected chi connectivity index (χ4v) is 2.68. The highest BCUT2D eigenvalue weighted by Gasteiger charge is 2.11. The highest BCUT2D eigenvalue weighted by molar-refractivity contribution is 9.08. The monoisotopic (exact) mass is 378 g/mol. The van der Waals surface area contributed by atoms with Crippen molar-refractivity contribution in [1.82, 2.24) is 0 Å². The molecule has 0 amide bonds. The van der Waals surface area contributed by atoms with Gasteiger partial charge < -0.3 is 4.74 Å². The van der Waals surface area contributed by atoms with Crippen LogP contribution in [0.4, 0.5) is 0 Å². The van der Waals surface area contributed by atoms with Crippen LogP contribution in [0.1, 0.15) is 23.6 Å². The van der Waals surface area contributed by atoms with Gasteiger partial charge in [0.1, 0.15) is 0 Å². The summed E-state index contributed by atoms with van der Waals surface area (Å²) in [6, 6.07) is 15.4. The molecule has 4 heteroatoms. The first kappa shape index (κ1) is 16.8. The molecule has 0 unspecified atom stereocenters. The maximum atomic E-state index is 11.9. The van der Waals surface area contributed by atoms with Crippen LogP contribution in [0.25, 0.3) is 5.57 Å². The van der Waals surface area contributed by atoms with Crippen LogP contribution in [0.15, 0.2) is 54.6 Å². The Morgan fingerprint density at radius 1 is 1.18 bits per heavy atom. The molecule has 0 aliphatic heterocycles. The lowest BCUT2D eigenvalue weighted by Gasteiger charge is -2.11. The van der Waals surface area contributed by atoms with Gasteiger partial charge in [-0.3, -0.25) is 0 Å². The molecule has 0 saturated carbocycles. The van der Waals surface area contributed by atoms with E-state index >= 15 is 0 Å². The summed E-state index contributed by atoms with van der Waals surface area (Å²) in [5.74, 6) is -0.373. The number of carbonyl (C=O) groups excluding carboxylic acids is 1. The highest BCUT2D eigenvalue weighted by Crippen LogP contribution is 2.29. The molecular weight excluding hydrogens is 364 g/mol. The second-order valence-electron chi connectivity index (χ2n) is 4.62. The number of hydrogen-bond donors (Lipinski definition) is 0. The predicted octanol–water partition coefficient (Wildman–Crippen LogP) is 5.23. The van der Waals surface area contributed by atoms with Crippen molar-refractivity contribution in [3.63, 3.8) is 0 Å². The molecule has 0 radical (unpaired) electrons. The predicted molar refractivity (Wildman–Crippen MR) is 94.2 cm³/mol. The van der Waals surface area contributed by atoms with Crippen molar-refractivity contribution in [3.8, 4) is 0 Å². The summed E-state index contributed by atoms with van der Waals surface area (Å²) >= 11 is 9.71. The zero-order chi connectivity index (χ0) is 15.9. The molecule has 22 heavy (non-hydrogen) atoms. The first-order chi connectivity index (χ1) is 10.7. The average molecular weight is 380 g/mol. The van der Waals surface area contributed by atoms with Gasteiger partial charge in [-0.15, -0.1) is 0 Å². The van der Waals surface area contributed by atoms with E-state index in [2.05, 4.69) is 15.9 Å². The number of alkyl halides is 1. The van der Waals surface area contributed by atoms with Crippen LogP contribution in [-0.2, 0) is 14.9 Å². The zero-order valence-electron chi connectivity index (χ0n) is 12.2. The van der Waals surface area contributed by atoms with Gasteiger partial charge in [0.05, 0.1) is 6.61 Å². The summed E-state index contributed by atoms with van der Waals surface area (Å²) in [4.78, 5) is 11.9. The van der Waals surface area contributed by atoms with Crippen LogP contribution >= 0.6 is 27.5 Å². The third kappa shape index (κ3) is 4.21. The fraction of sp³-hybridized carbons (Fsp3) is 0.167. The molecule has 114 valence electrons. The summed E-state index contributed by atoms with van der Waals surface area (Å²) < 4.78 is 5.03. The third-order valence-electron chi connectivity index (χ3n) is 3.13. The number of rotatable bonds is 5. The molecule has 0 fully saturated rings. The Morgan fingerprint density at radius 2 is 1.86 bits per heavy atom. The quantitative estimate of drug-likeness (QED) is 0.404. The zero-order valence-corrected chi connectivity index (χ0v) is 14.5. The molecule has 0 atom stereocenters. The van der Waals surface area contributed by atoms with Crippen molar-refractivity contribution in [2.75, 3.05) is 6.61 Å². The number of benzene rings is 2. The normalized spacial score (nSPS) is 11.3. The average Bonchev–Trinajstić information content (AvgIpc) is 2.54. The summed E-state index contributed by atoms with van der Waals surface area (Å²) in [5, 5.41) is 1.39. The largest absolute Gasteiger partial charge is 0.463 e. The van der Waals surface area contributed by atoms with Gasteiger partial charge in [-0.2, -0.15) is 0 Å². The van der Waals surface area contributed by atoms with Gasteiger partial charge in [-0.05, 0) is 29.7 Å². The topological polar surface area (TPSA) is 26.3 Å². The molecule has 2 aromatic carbocycles. The van der Waals surface area contributed by atoms with E-state index in [1.54, 1.807) is 6.92 Å². The molecule has 0 aromatic heterocycles. The second kappa shape index (κ2) is 8.16. The van der Waals surface area contributed by atoms with E-state index < -0.39 is 0 Å². The Bertz CT molecular complexity index is 678. The van der Waals surface area contributed by atoms with E-state index in [1.807, 2.05) is 48.5 Å². The van der Waals surface area contributed by atoms with E-state index in [0.29, 0.717) is 11.6 Å². The van der Waals surface area contributed by atoms with E-state index in [0.717, 1.165) is 22.0 Å². The van der Waals surface area contributed by atoms with Crippen LogP contribution in [0, 0.1) is 0 Å². The Hall–Kier alpha value is -1.58. The van der Waals surface area contributed by atoms with Crippen molar-refractivity contribution in [3.05, 3.63) is 76.3 Å². The molecule has 0 N–H and O–H groups in total. The van der Waals surface area contributed by atoms with Gasteiger partial charge in [0.2, 0.25) is 0 Å². The lowest BCUT2D eigenvalue weighted by atomic mass is 9.96. The third-order valence-corrected chi connectivity index (χ3v) is 4.11. The van der Waals surface area contributed by atoms with E-state index in [-0.39, 0.29) is 5.97 Å². The molecule has 2 aromatic rings. The lowest BCUT2D eigenvalue weighted by molar-refractivity contribution is -0.137. The van der Waals surface area contributed by atoms with Crippen LogP contribution in [0.5, 0.6) is 0 Å². The summed E-state index contributed by atoms with van der Waals surface area (Å²) in [6.07, 6.45) is 1.49. The minimum atomic E-state index is -0.373. The van der Waals surface area contributed by atoms with Crippen LogP contribution in [0.2, 0.25) is 5.02 Å². The summed E-state index contributed by atoms with van der Waals surface area (Å²) in [7, 11) is 0. The van der Waals surface area contributed by atoms with E-state index in [1.165, 1.54) is 11.6 Å². The van der Waals surface area contributed by atoms with Crippen LogP contribution < -0.4 is 0 Å². The van der Waals surface area contributed by atoms with Crippen LogP contribution in [-0.4, -0.2) is 12.6 Å². The van der Waals surface area contributed by atoms with Gasteiger partial charge in [0.25, 0.3) is 0 Å². The number of esters is 1. The molecule has 2 nitrogen and oxygen atoms in total. The van der Waals surface area contributed by atoms with E-state index in [9.17, 15) is 4.79 Å². The number of carbonyl (C=O) groups is 1. The summed E-state index contributed by atoms with van der Waals surface area (Å²) in [5.41, 5.74) is 3.65. The standard InChI is InChI=1S/C18H16BrClO2/c1-2-22-18(21)11-16(15-5-3-4-6-17(15)20)14-9-7-13(12-19)8-10-14/h3-11H,2,12H2,1H3/b16-11+. The molecule has 0 aliphatic rings. The molecule has 0 bridgehead atoms. The molecular formula is C18H16BrClO2. The number of hydrogen-bond acceptors (Lipinski definition) is 2. The molecule has 0 heterocycles. The van der Waals surface area contributed by atoms with Crippen molar-refractivity contribution in [1.29, 1.82) is 0 Å². The Morgan fingerprint density at radius 3 is 2.45 bits per heavy atom. The maximum absolute atomic E-state index is 11.9. The second-order valence-corrected chi connectivity index (χ2v) is 5.59. The fourth-order valence-electron chi connectivity index (χ4n) is 2.07. The summed E-state index contributed by atoms with van der Waals surface area (Å²) in [6.45, 7) is 2.12.